The second kappa shape index (κ2) is 7.51. The van der Waals surface area contributed by atoms with Crippen LogP contribution in [0.25, 0.3) is 10.9 Å². The molecule has 3 aliphatic rings. The fourth-order valence-electron chi connectivity index (χ4n) is 5.42. The number of benzene rings is 2. The number of hydrogen-bond donors (Lipinski definition) is 1. The number of nitrogens with zero attached hydrogens (tertiary/aromatic N) is 3. The summed E-state index contributed by atoms with van der Waals surface area (Å²) < 4.78 is 12.7. The van der Waals surface area contributed by atoms with Gasteiger partial charge >= 0.3 is 6.03 Å². The van der Waals surface area contributed by atoms with Crippen molar-refractivity contribution in [2.45, 2.75) is 25.4 Å². The summed E-state index contributed by atoms with van der Waals surface area (Å²) in [6.45, 7) is 2.45. The summed E-state index contributed by atoms with van der Waals surface area (Å²) in [6, 6.07) is 11.6. The summed E-state index contributed by atoms with van der Waals surface area (Å²) in [7, 11) is 1.65. The molecule has 3 aromatic rings. The topological polar surface area (TPSA) is 93.1 Å². The van der Waals surface area contributed by atoms with Gasteiger partial charge < -0.3 is 24.6 Å². The van der Waals surface area contributed by atoms with E-state index in [1.165, 1.54) is 4.90 Å². The number of fused-ring (bicyclic) bond motifs is 5. The number of aromatic nitrogens is 1. The maximum atomic E-state index is 13.4. The number of hydrogen-bond acceptors (Lipinski definition) is 5. The number of likely N-dealkylation sites (N-methyl/N-ethyl adjacent to an activating group) is 1. The minimum atomic E-state index is -0.650. The highest BCUT2D eigenvalue weighted by atomic mass is 16.7. The molecule has 0 bridgehead atoms. The molecule has 3 aliphatic heterocycles. The third-order valence-electron chi connectivity index (χ3n) is 6.86. The summed E-state index contributed by atoms with van der Waals surface area (Å²) in [5.41, 5.74) is 3.11. The van der Waals surface area contributed by atoms with Gasteiger partial charge in [0.05, 0.1) is 23.8 Å². The highest BCUT2D eigenvalue weighted by Crippen LogP contribution is 2.46. The van der Waals surface area contributed by atoms with Gasteiger partial charge in [-0.2, -0.15) is 0 Å². The Morgan fingerprint density at radius 2 is 1.91 bits per heavy atom. The molecular weight excluding hydrogens is 436 g/mol. The summed E-state index contributed by atoms with van der Waals surface area (Å²) >= 11 is 0. The fourth-order valence-corrected chi connectivity index (χ4v) is 5.42. The third-order valence-corrected chi connectivity index (χ3v) is 6.86. The van der Waals surface area contributed by atoms with Crippen molar-refractivity contribution in [1.82, 2.24) is 19.7 Å². The molecule has 0 aliphatic carbocycles. The van der Waals surface area contributed by atoms with Crippen LogP contribution in [0.3, 0.4) is 0 Å². The van der Waals surface area contributed by atoms with E-state index in [1.807, 2.05) is 49.4 Å². The largest absolute Gasteiger partial charge is 0.454 e. The van der Waals surface area contributed by atoms with E-state index in [0.29, 0.717) is 30.2 Å². The minimum Gasteiger partial charge on any atom is -0.454 e. The van der Waals surface area contributed by atoms with Crippen LogP contribution >= 0.6 is 0 Å². The van der Waals surface area contributed by atoms with Gasteiger partial charge in [-0.3, -0.25) is 14.2 Å². The van der Waals surface area contributed by atoms with Gasteiger partial charge in [0.25, 0.3) is 0 Å². The molecule has 2 aromatic carbocycles. The second-order valence-corrected chi connectivity index (χ2v) is 8.78. The zero-order valence-electron chi connectivity index (χ0n) is 18.9. The summed E-state index contributed by atoms with van der Waals surface area (Å²) in [4.78, 5) is 43.1. The standard InChI is InChI=1S/C25H24N4O5/c1-3-26-25(32)29-17-7-5-4-6-15(17)16-11-18-24(31)27(2)12-21(30)28(18)22(23(16)29)14-8-9-19-20(10-14)34-13-33-19/h4-10,18,22H,3,11-13H2,1-2H3,(H,26,32)/t18-,22-/m1/s1. The van der Waals surface area contributed by atoms with Gasteiger partial charge in [0.2, 0.25) is 18.6 Å². The predicted octanol–water partition coefficient (Wildman–Crippen LogP) is 2.26. The van der Waals surface area contributed by atoms with Gasteiger partial charge in [-0.05, 0) is 36.2 Å². The number of amides is 3. The maximum Gasteiger partial charge on any atom is 0.326 e. The van der Waals surface area contributed by atoms with Crippen LogP contribution in [0.15, 0.2) is 42.5 Å². The van der Waals surface area contributed by atoms with Crippen molar-refractivity contribution in [3.63, 3.8) is 0 Å². The molecule has 9 heteroatoms. The smallest absolute Gasteiger partial charge is 0.326 e. The van der Waals surface area contributed by atoms with Crippen molar-refractivity contribution >= 4 is 28.7 Å². The summed E-state index contributed by atoms with van der Waals surface area (Å²) in [6.07, 6.45) is 0.345. The van der Waals surface area contributed by atoms with E-state index in [9.17, 15) is 14.4 Å². The number of para-hydroxylation sites is 1. The Kier molecular flexibility index (Phi) is 4.55. The van der Waals surface area contributed by atoms with Crippen LogP contribution in [0.4, 0.5) is 4.79 Å². The molecule has 4 heterocycles. The van der Waals surface area contributed by atoms with E-state index >= 15 is 0 Å². The number of nitrogens with one attached hydrogen (secondary N) is 1. The Balaban J connectivity index is 1.65. The fraction of sp³-hybridized carbons (Fsp3) is 0.320. The van der Waals surface area contributed by atoms with Gasteiger partial charge in [0.1, 0.15) is 6.04 Å². The SMILES string of the molecule is CCNC(=O)n1c2c(c3ccccc31)C[C@@H]1C(=O)N(C)CC(=O)N1[C@@H]2c1ccc2c(c1)OCO2. The molecule has 1 fully saturated rings. The zero-order chi connectivity index (χ0) is 23.6. The van der Waals surface area contributed by atoms with Crippen LogP contribution in [0.1, 0.15) is 29.8 Å². The predicted molar refractivity (Wildman–Crippen MR) is 123 cm³/mol. The zero-order valence-corrected chi connectivity index (χ0v) is 18.9. The lowest BCUT2D eigenvalue weighted by Crippen LogP contribution is -2.62. The number of rotatable bonds is 2. The minimum absolute atomic E-state index is 0.00684. The molecule has 174 valence electrons. The Bertz CT molecular complexity index is 1360. The highest BCUT2D eigenvalue weighted by molar-refractivity contribution is 6.00. The van der Waals surface area contributed by atoms with Crippen molar-refractivity contribution in [3.8, 4) is 11.5 Å². The average molecular weight is 460 g/mol. The second-order valence-electron chi connectivity index (χ2n) is 8.78. The van der Waals surface area contributed by atoms with E-state index in [2.05, 4.69) is 5.32 Å². The van der Waals surface area contributed by atoms with Crippen LogP contribution in [0.5, 0.6) is 11.5 Å². The molecule has 0 radical (unpaired) electrons. The van der Waals surface area contributed by atoms with E-state index in [4.69, 9.17) is 9.47 Å². The van der Waals surface area contributed by atoms with Gasteiger partial charge in [0, 0.05) is 25.4 Å². The van der Waals surface area contributed by atoms with Crippen LogP contribution in [0.2, 0.25) is 0 Å². The molecule has 1 saturated heterocycles. The Morgan fingerprint density at radius 1 is 1.12 bits per heavy atom. The van der Waals surface area contributed by atoms with Crippen molar-refractivity contribution in [2.24, 2.45) is 0 Å². The monoisotopic (exact) mass is 460 g/mol. The third kappa shape index (κ3) is 2.82. The number of carbonyl (C=O) groups is 3. The van der Waals surface area contributed by atoms with Crippen LogP contribution in [-0.4, -0.2) is 65.2 Å². The van der Waals surface area contributed by atoms with Crippen LogP contribution < -0.4 is 14.8 Å². The highest BCUT2D eigenvalue weighted by Gasteiger charge is 2.49. The Hall–Kier alpha value is -4.01. The molecule has 2 atom stereocenters. The normalized spacial score (nSPS) is 21.0. The van der Waals surface area contributed by atoms with Crippen molar-refractivity contribution in [2.75, 3.05) is 26.9 Å². The lowest BCUT2D eigenvalue weighted by atomic mass is 9.86. The van der Waals surface area contributed by atoms with Gasteiger partial charge in [-0.15, -0.1) is 0 Å². The van der Waals surface area contributed by atoms with Gasteiger partial charge in [-0.1, -0.05) is 24.3 Å². The average Bonchev–Trinajstić information content (AvgIpc) is 3.43. The van der Waals surface area contributed by atoms with Crippen molar-refractivity contribution < 1.29 is 23.9 Å². The molecular formula is C25H24N4O5. The summed E-state index contributed by atoms with van der Waals surface area (Å²) in [5, 5.41) is 3.81. The molecule has 1 aromatic heterocycles. The Labute approximate surface area is 195 Å². The van der Waals surface area contributed by atoms with E-state index in [-0.39, 0.29) is 31.2 Å². The number of ether oxygens (including phenoxy) is 2. The van der Waals surface area contributed by atoms with Crippen molar-refractivity contribution in [1.29, 1.82) is 0 Å². The first-order valence-corrected chi connectivity index (χ1v) is 11.4. The van der Waals surface area contributed by atoms with Crippen LogP contribution in [0, 0.1) is 0 Å². The molecule has 9 nitrogen and oxygen atoms in total. The molecule has 0 saturated carbocycles. The van der Waals surface area contributed by atoms with Crippen molar-refractivity contribution in [3.05, 3.63) is 59.3 Å². The maximum absolute atomic E-state index is 13.4. The lowest BCUT2D eigenvalue weighted by molar-refractivity contribution is -0.157. The Morgan fingerprint density at radius 3 is 2.74 bits per heavy atom. The lowest BCUT2D eigenvalue weighted by Gasteiger charge is -2.46. The van der Waals surface area contributed by atoms with E-state index in [0.717, 1.165) is 22.0 Å². The quantitative estimate of drug-likeness (QED) is 0.633. The van der Waals surface area contributed by atoms with Crippen LogP contribution in [-0.2, 0) is 16.0 Å². The number of carbonyl (C=O) groups excluding carboxylic acids is 3. The molecule has 1 N–H and O–H groups in total. The first-order chi connectivity index (χ1) is 16.5. The summed E-state index contributed by atoms with van der Waals surface area (Å²) in [5.74, 6) is 0.940. The first-order valence-electron chi connectivity index (χ1n) is 11.4. The molecule has 0 unspecified atom stereocenters. The molecule has 6 rings (SSSR count). The van der Waals surface area contributed by atoms with Gasteiger partial charge in [0.15, 0.2) is 11.5 Å². The molecule has 3 amide bonds. The van der Waals surface area contributed by atoms with E-state index in [1.54, 1.807) is 16.5 Å². The van der Waals surface area contributed by atoms with E-state index < -0.39 is 12.1 Å². The first kappa shape index (κ1) is 20.6. The molecule has 0 spiro atoms. The molecule has 34 heavy (non-hydrogen) atoms. The van der Waals surface area contributed by atoms with Gasteiger partial charge in [-0.25, -0.2) is 4.79 Å². The number of piperazine rings is 1.